The van der Waals surface area contributed by atoms with Crippen molar-refractivity contribution in [2.45, 2.75) is 13.0 Å². The van der Waals surface area contributed by atoms with Crippen molar-refractivity contribution in [3.05, 3.63) is 29.6 Å². The Balaban J connectivity index is 2.34. The largest absolute Gasteiger partial charge is 0.357 e. The summed E-state index contributed by atoms with van der Waals surface area (Å²) in [6.07, 6.45) is 3.95. The second kappa shape index (κ2) is 2.57. The molecular weight excluding hydrogens is 162 g/mol. The molecule has 2 aromatic heterocycles. The molecule has 13 heavy (non-hydrogen) atoms. The summed E-state index contributed by atoms with van der Waals surface area (Å²) in [5.74, 6) is 0. The predicted octanol–water partition coefficient (Wildman–Crippen LogP) is 1.01. The van der Waals surface area contributed by atoms with Gasteiger partial charge in [-0.15, -0.1) is 0 Å². The highest BCUT2D eigenvalue weighted by Crippen LogP contribution is 2.21. The van der Waals surface area contributed by atoms with Crippen molar-refractivity contribution < 1.29 is 0 Å². The molecular formula is C10H10N3. The molecule has 3 nitrogen and oxygen atoms in total. The van der Waals surface area contributed by atoms with E-state index in [-0.39, 0.29) is 0 Å². The molecule has 0 saturated carbocycles. The minimum Gasteiger partial charge on any atom is -0.357 e. The van der Waals surface area contributed by atoms with Gasteiger partial charge in [0.15, 0.2) is 0 Å². The first-order valence-electron chi connectivity index (χ1n) is 4.52. The first kappa shape index (κ1) is 7.09. The van der Waals surface area contributed by atoms with Crippen LogP contribution in [0.4, 0.5) is 0 Å². The molecule has 0 fully saturated rings. The third kappa shape index (κ3) is 0.971. The zero-order valence-electron chi connectivity index (χ0n) is 7.22. The molecule has 65 valence electrons. The number of aromatic nitrogens is 2. The van der Waals surface area contributed by atoms with Crippen LogP contribution >= 0.6 is 0 Å². The van der Waals surface area contributed by atoms with Crippen LogP contribution in [0.25, 0.3) is 11.0 Å². The lowest BCUT2D eigenvalue weighted by molar-refractivity contribution is 0.640. The highest BCUT2D eigenvalue weighted by atomic mass is 14.9. The minimum absolute atomic E-state index is 0.931. The summed E-state index contributed by atoms with van der Waals surface area (Å²) in [6.45, 7) is 1.99. The van der Waals surface area contributed by atoms with Crippen molar-refractivity contribution in [3.63, 3.8) is 0 Å². The van der Waals surface area contributed by atoms with E-state index in [1.165, 1.54) is 11.3 Å². The fourth-order valence-electron chi connectivity index (χ4n) is 1.90. The summed E-state index contributed by atoms with van der Waals surface area (Å²) in [5.41, 5.74) is 4.86. The molecule has 1 aliphatic rings. The van der Waals surface area contributed by atoms with Gasteiger partial charge in [-0.05, 0) is 12.1 Å². The van der Waals surface area contributed by atoms with Crippen molar-refractivity contribution >= 4 is 11.0 Å². The van der Waals surface area contributed by atoms with Crippen LogP contribution in [-0.2, 0) is 13.0 Å². The lowest BCUT2D eigenvalue weighted by atomic mass is 10.1. The van der Waals surface area contributed by atoms with Gasteiger partial charge in [-0.2, -0.15) is 0 Å². The van der Waals surface area contributed by atoms with Crippen LogP contribution in [0, 0.1) is 6.20 Å². The minimum atomic E-state index is 0.931. The van der Waals surface area contributed by atoms with Gasteiger partial charge in [0.1, 0.15) is 0 Å². The monoisotopic (exact) mass is 172 g/mol. The molecule has 0 aliphatic carbocycles. The third-order valence-corrected chi connectivity index (χ3v) is 2.55. The van der Waals surface area contributed by atoms with E-state index in [4.69, 9.17) is 0 Å². The molecule has 3 heterocycles. The Hall–Kier alpha value is -1.35. The SMILES string of the molecule is [c]1ccc2[nH]c3c(c2n1)CNCC3. The second-order valence-corrected chi connectivity index (χ2v) is 3.35. The normalized spacial score (nSPS) is 16.0. The summed E-state index contributed by atoms with van der Waals surface area (Å²) in [7, 11) is 0. The van der Waals surface area contributed by atoms with Gasteiger partial charge in [-0.3, -0.25) is 0 Å². The number of H-pyrrole nitrogens is 1. The van der Waals surface area contributed by atoms with E-state index in [0.29, 0.717) is 0 Å². The average molecular weight is 172 g/mol. The van der Waals surface area contributed by atoms with E-state index in [2.05, 4.69) is 21.5 Å². The summed E-state index contributed by atoms with van der Waals surface area (Å²) < 4.78 is 0. The number of fused-ring (bicyclic) bond motifs is 3. The van der Waals surface area contributed by atoms with E-state index >= 15 is 0 Å². The highest BCUT2D eigenvalue weighted by Gasteiger charge is 2.14. The molecule has 2 aromatic rings. The van der Waals surface area contributed by atoms with Crippen LogP contribution in [0.3, 0.4) is 0 Å². The molecule has 0 atom stereocenters. The number of aromatic amines is 1. The van der Waals surface area contributed by atoms with Gasteiger partial charge in [0.05, 0.1) is 17.2 Å². The van der Waals surface area contributed by atoms with Crippen molar-refractivity contribution in [1.82, 2.24) is 15.3 Å². The fourth-order valence-corrected chi connectivity index (χ4v) is 1.90. The Bertz CT molecular complexity index is 444. The van der Waals surface area contributed by atoms with Gasteiger partial charge in [0.2, 0.25) is 0 Å². The Morgan fingerprint density at radius 1 is 1.46 bits per heavy atom. The number of hydrogen-bond donors (Lipinski definition) is 2. The number of nitrogens with one attached hydrogen (secondary N) is 2. The van der Waals surface area contributed by atoms with E-state index in [0.717, 1.165) is 30.5 Å². The van der Waals surface area contributed by atoms with Gasteiger partial charge >= 0.3 is 0 Å². The lowest BCUT2D eigenvalue weighted by Gasteiger charge is -2.11. The molecule has 3 heteroatoms. The first-order valence-corrected chi connectivity index (χ1v) is 4.52. The zero-order valence-corrected chi connectivity index (χ0v) is 7.22. The lowest BCUT2D eigenvalue weighted by Crippen LogP contribution is -2.23. The van der Waals surface area contributed by atoms with Gasteiger partial charge < -0.3 is 10.3 Å². The Morgan fingerprint density at radius 2 is 2.46 bits per heavy atom. The Labute approximate surface area is 76.2 Å². The van der Waals surface area contributed by atoms with Gasteiger partial charge in [-0.1, -0.05) is 0 Å². The smallest absolute Gasteiger partial charge is 0.0934 e. The molecule has 1 radical (unpaired) electrons. The molecule has 0 spiro atoms. The molecule has 0 amide bonds. The molecule has 3 rings (SSSR count). The van der Waals surface area contributed by atoms with Crippen LogP contribution in [-0.4, -0.2) is 16.5 Å². The van der Waals surface area contributed by atoms with Crippen LogP contribution in [0.2, 0.25) is 0 Å². The first-order chi connectivity index (χ1) is 6.45. The summed E-state index contributed by atoms with van der Waals surface area (Å²) >= 11 is 0. The summed E-state index contributed by atoms with van der Waals surface area (Å²) in [4.78, 5) is 7.65. The zero-order chi connectivity index (χ0) is 8.67. The molecule has 2 N–H and O–H groups in total. The second-order valence-electron chi connectivity index (χ2n) is 3.35. The van der Waals surface area contributed by atoms with Crippen molar-refractivity contribution in [2.24, 2.45) is 0 Å². The van der Waals surface area contributed by atoms with Crippen LogP contribution in [0.1, 0.15) is 11.3 Å². The summed E-state index contributed by atoms with van der Waals surface area (Å²) in [5, 5.41) is 3.35. The molecule has 0 unspecified atom stereocenters. The van der Waals surface area contributed by atoms with Crippen LogP contribution < -0.4 is 5.32 Å². The maximum absolute atomic E-state index is 4.26. The van der Waals surface area contributed by atoms with Crippen molar-refractivity contribution in [1.29, 1.82) is 0 Å². The van der Waals surface area contributed by atoms with E-state index in [1.54, 1.807) is 0 Å². The van der Waals surface area contributed by atoms with E-state index < -0.39 is 0 Å². The summed E-state index contributed by atoms with van der Waals surface area (Å²) in [6, 6.07) is 3.87. The predicted molar refractivity (Wildman–Crippen MR) is 50.3 cm³/mol. The average Bonchev–Trinajstić information content (AvgIpc) is 2.56. The number of hydrogen-bond acceptors (Lipinski definition) is 2. The molecule has 0 aromatic carbocycles. The Kier molecular flexibility index (Phi) is 1.40. The molecule has 1 aliphatic heterocycles. The van der Waals surface area contributed by atoms with Crippen LogP contribution in [0.5, 0.6) is 0 Å². The number of pyridine rings is 1. The number of rotatable bonds is 0. The van der Waals surface area contributed by atoms with Crippen LogP contribution in [0.15, 0.2) is 12.1 Å². The van der Waals surface area contributed by atoms with E-state index in [1.807, 2.05) is 12.1 Å². The molecule has 0 saturated heterocycles. The molecule has 0 bridgehead atoms. The van der Waals surface area contributed by atoms with E-state index in [9.17, 15) is 0 Å². The Morgan fingerprint density at radius 3 is 3.46 bits per heavy atom. The quantitative estimate of drug-likeness (QED) is 0.622. The van der Waals surface area contributed by atoms with Gasteiger partial charge in [0.25, 0.3) is 0 Å². The van der Waals surface area contributed by atoms with Gasteiger partial charge in [-0.25, -0.2) is 4.98 Å². The fraction of sp³-hybridized carbons (Fsp3) is 0.300. The topological polar surface area (TPSA) is 40.7 Å². The highest BCUT2D eigenvalue weighted by molar-refractivity contribution is 5.80. The van der Waals surface area contributed by atoms with Crippen molar-refractivity contribution in [2.75, 3.05) is 6.54 Å². The third-order valence-electron chi connectivity index (χ3n) is 2.55. The standard InChI is InChI=1S/C10H10N3/c1-2-9-10(12-4-1)7-6-11-5-3-8(7)13-9/h1-2,11,13H,3,5-6H2. The number of nitrogens with zero attached hydrogens (tertiary/aromatic N) is 1. The maximum atomic E-state index is 4.26. The van der Waals surface area contributed by atoms with Gasteiger partial charge in [0, 0.05) is 30.8 Å². The van der Waals surface area contributed by atoms with Crippen molar-refractivity contribution in [3.8, 4) is 0 Å². The maximum Gasteiger partial charge on any atom is 0.0934 e.